The lowest BCUT2D eigenvalue weighted by Gasteiger charge is -2.04. The first-order valence-electron chi connectivity index (χ1n) is 7.94. The maximum atomic E-state index is 8.74. The van der Waals surface area contributed by atoms with Crippen LogP contribution in [0.2, 0.25) is 0 Å². The van der Waals surface area contributed by atoms with Gasteiger partial charge in [-0.1, -0.05) is 37.6 Å². The molecule has 0 unspecified atom stereocenters. The number of benzene rings is 1. The van der Waals surface area contributed by atoms with Crippen LogP contribution >= 0.6 is 0 Å². The third-order valence-corrected chi connectivity index (χ3v) is 3.75. The van der Waals surface area contributed by atoms with Gasteiger partial charge in [-0.2, -0.15) is 5.26 Å². The number of unbranched alkanes of at least 4 members (excludes halogenated alkanes) is 1. The van der Waals surface area contributed by atoms with Crippen LogP contribution in [-0.4, -0.2) is 19.9 Å². The second-order valence-electron chi connectivity index (χ2n) is 5.50. The molecule has 3 aromatic rings. The van der Waals surface area contributed by atoms with E-state index in [9.17, 15) is 0 Å². The molecule has 0 aliphatic heterocycles. The molecule has 0 amide bonds. The lowest BCUT2D eigenvalue weighted by atomic mass is 10.1. The van der Waals surface area contributed by atoms with E-state index in [4.69, 9.17) is 5.26 Å². The second-order valence-corrected chi connectivity index (χ2v) is 5.50. The molecule has 0 aliphatic rings. The van der Waals surface area contributed by atoms with Crippen LogP contribution < -0.4 is 0 Å². The largest absolute Gasteiger partial charge is 0.236 e. The third-order valence-electron chi connectivity index (χ3n) is 3.75. The zero-order valence-corrected chi connectivity index (χ0v) is 13.5. The number of rotatable bonds is 5. The van der Waals surface area contributed by atoms with Gasteiger partial charge in [-0.05, 0) is 24.0 Å². The highest BCUT2D eigenvalue weighted by atomic mass is 14.9. The Morgan fingerprint density at radius 3 is 2.04 bits per heavy atom. The lowest BCUT2D eigenvalue weighted by Crippen LogP contribution is -1.93. The van der Waals surface area contributed by atoms with Crippen LogP contribution in [0.4, 0.5) is 0 Å². The first-order valence-corrected chi connectivity index (χ1v) is 7.94. The van der Waals surface area contributed by atoms with Crippen molar-refractivity contribution < 1.29 is 0 Å². The number of hydrogen-bond donors (Lipinski definition) is 0. The number of hydrogen-bond acceptors (Lipinski definition) is 5. The molecule has 5 nitrogen and oxygen atoms in total. The first kappa shape index (κ1) is 15.8. The van der Waals surface area contributed by atoms with Crippen molar-refractivity contribution in [1.29, 1.82) is 5.26 Å². The molecule has 0 fully saturated rings. The normalized spacial score (nSPS) is 10.3. The summed E-state index contributed by atoms with van der Waals surface area (Å²) in [5.74, 6) is 0.893. The van der Waals surface area contributed by atoms with Gasteiger partial charge >= 0.3 is 0 Å². The fraction of sp³-hybridized carbons (Fsp3) is 0.211. The summed E-state index contributed by atoms with van der Waals surface area (Å²) in [6, 6.07) is 9.84. The molecule has 0 N–H and O–H groups in total. The van der Waals surface area contributed by atoms with Crippen molar-refractivity contribution in [2.45, 2.75) is 26.2 Å². The summed E-state index contributed by atoms with van der Waals surface area (Å²) in [5.41, 5.74) is 4.00. The lowest BCUT2D eigenvalue weighted by molar-refractivity contribution is 0.788. The Hall–Kier alpha value is -3.13. The monoisotopic (exact) mass is 315 g/mol. The van der Waals surface area contributed by atoms with Gasteiger partial charge in [0.2, 0.25) is 5.82 Å². The summed E-state index contributed by atoms with van der Waals surface area (Å²) < 4.78 is 0. The van der Waals surface area contributed by atoms with Crippen LogP contribution in [0.3, 0.4) is 0 Å². The Balaban J connectivity index is 1.77. The molecular weight excluding hydrogens is 298 g/mol. The zero-order valence-electron chi connectivity index (χ0n) is 13.5. The minimum atomic E-state index is 0.173. The second kappa shape index (κ2) is 7.42. The molecule has 0 aliphatic carbocycles. The molecule has 5 heteroatoms. The Labute approximate surface area is 141 Å². The average molecular weight is 315 g/mol. The van der Waals surface area contributed by atoms with Gasteiger partial charge in [-0.25, -0.2) is 19.9 Å². The summed E-state index contributed by atoms with van der Waals surface area (Å²) in [6.07, 6.45) is 10.5. The third kappa shape index (κ3) is 3.61. The van der Waals surface area contributed by atoms with Crippen molar-refractivity contribution in [3.05, 3.63) is 60.4 Å². The van der Waals surface area contributed by atoms with Crippen molar-refractivity contribution in [3.8, 4) is 28.6 Å². The van der Waals surface area contributed by atoms with Crippen molar-refractivity contribution in [3.63, 3.8) is 0 Å². The topological polar surface area (TPSA) is 75.3 Å². The standard InChI is InChI=1S/C19H17N5/c1-2-3-4-14-10-23-19(24-11-14)16-7-5-15(6-8-16)17-12-21-18(9-20)22-13-17/h5-8,10-13H,2-4H2,1H3. The molecule has 2 heterocycles. The summed E-state index contributed by atoms with van der Waals surface area (Å²) in [6.45, 7) is 2.18. The average Bonchev–Trinajstić information content (AvgIpc) is 2.67. The van der Waals surface area contributed by atoms with E-state index < -0.39 is 0 Å². The van der Waals surface area contributed by atoms with Crippen LogP contribution in [0.25, 0.3) is 22.5 Å². The highest BCUT2D eigenvalue weighted by Crippen LogP contribution is 2.22. The van der Waals surface area contributed by atoms with Gasteiger partial charge in [0.05, 0.1) is 0 Å². The van der Waals surface area contributed by atoms with Gasteiger partial charge < -0.3 is 0 Å². The first-order chi connectivity index (χ1) is 11.8. The Morgan fingerprint density at radius 1 is 0.833 bits per heavy atom. The minimum absolute atomic E-state index is 0.173. The highest BCUT2D eigenvalue weighted by Gasteiger charge is 2.04. The van der Waals surface area contributed by atoms with E-state index in [0.29, 0.717) is 0 Å². The number of nitrogens with zero attached hydrogens (tertiary/aromatic N) is 5. The van der Waals surface area contributed by atoms with Gasteiger partial charge in [-0.3, -0.25) is 0 Å². The molecule has 1 aromatic carbocycles. The van der Waals surface area contributed by atoms with Gasteiger partial charge in [0, 0.05) is 35.9 Å². The summed E-state index contributed by atoms with van der Waals surface area (Å²) in [4.78, 5) is 16.9. The number of aryl methyl sites for hydroxylation is 1. The van der Waals surface area contributed by atoms with E-state index >= 15 is 0 Å². The molecule has 2 aromatic heterocycles. The molecule has 0 atom stereocenters. The molecule has 0 saturated heterocycles. The quantitative estimate of drug-likeness (QED) is 0.715. The van der Waals surface area contributed by atoms with Crippen molar-refractivity contribution in [1.82, 2.24) is 19.9 Å². The maximum absolute atomic E-state index is 8.74. The highest BCUT2D eigenvalue weighted by molar-refractivity contribution is 5.66. The van der Waals surface area contributed by atoms with E-state index in [0.717, 1.165) is 35.4 Å². The maximum Gasteiger partial charge on any atom is 0.232 e. The van der Waals surface area contributed by atoms with Gasteiger partial charge in [-0.15, -0.1) is 0 Å². The molecule has 24 heavy (non-hydrogen) atoms. The van der Waals surface area contributed by atoms with Gasteiger partial charge in [0.15, 0.2) is 5.82 Å². The van der Waals surface area contributed by atoms with Crippen molar-refractivity contribution in [2.75, 3.05) is 0 Å². The molecule has 118 valence electrons. The van der Waals surface area contributed by atoms with Crippen molar-refractivity contribution in [2.24, 2.45) is 0 Å². The summed E-state index contributed by atoms with van der Waals surface area (Å²) >= 11 is 0. The molecule has 0 bridgehead atoms. The van der Waals surface area contributed by atoms with Crippen LogP contribution in [0.5, 0.6) is 0 Å². The predicted octanol–water partition coefficient (Wildman–Crippen LogP) is 3.81. The Kier molecular flexibility index (Phi) is 4.87. The minimum Gasteiger partial charge on any atom is -0.236 e. The van der Waals surface area contributed by atoms with Crippen LogP contribution in [0, 0.1) is 11.3 Å². The molecule has 0 saturated carbocycles. The molecular formula is C19H17N5. The number of aromatic nitrogens is 4. The van der Waals surface area contributed by atoms with Crippen LogP contribution in [-0.2, 0) is 6.42 Å². The van der Waals surface area contributed by atoms with E-state index in [1.54, 1.807) is 12.4 Å². The van der Waals surface area contributed by atoms with Gasteiger partial charge in [0.25, 0.3) is 0 Å². The fourth-order valence-electron chi connectivity index (χ4n) is 2.36. The molecule has 0 radical (unpaired) electrons. The zero-order chi connectivity index (χ0) is 16.8. The number of nitriles is 1. The van der Waals surface area contributed by atoms with E-state index in [1.165, 1.54) is 12.0 Å². The Morgan fingerprint density at radius 2 is 1.46 bits per heavy atom. The van der Waals surface area contributed by atoms with E-state index in [1.807, 2.05) is 42.7 Å². The van der Waals surface area contributed by atoms with Crippen LogP contribution in [0.15, 0.2) is 49.1 Å². The Bertz CT molecular complexity index is 831. The molecule has 3 rings (SSSR count). The van der Waals surface area contributed by atoms with Crippen molar-refractivity contribution >= 4 is 0 Å². The predicted molar refractivity (Wildman–Crippen MR) is 91.8 cm³/mol. The fourth-order valence-corrected chi connectivity index (χ4v) is 2.36. The SMILES string of the molecule is CCCCc1cnc(-c2ccc(-c3cnc(C#N)nc3)cc2)nc1. The summed E-state index contributed by atoms with van der Waals surface area (Å²) in [7, 11) is 0. The van der Waals surface area contributed by atoms with Gasteiger partial charge in [0.1, 0.15) is 6.07 Å². The summed E-state index contributed by atoms with van der Waals surface area (Å²) in [5, 5.41) is 8.74. The van der Waals surface area contributed by atoms with E-state index in [-0.39, 0.29) is 5.82 Å². The van der Waals surface area contributed by atoms with Crippen LogP contribution in [0.1, 0.15) is 31.2 Å². The molecule has 0 spiro atoms. The smallest absolute Gasteiger partial charge is 0.232 e. The van der Waals surface area contributed by atoms with E-state index in [2.05, 4.69) is 26.9 Å².